The molecular weight excluding hydrogens is 328 g/mol. The molecule has 2 aromatic rings. The van der Waals surface area contributed by atoms with Gasteiger partial charge in [-0.2, -0.15) is 4.98 Å². The van der Waals surface area contributed by atoms with Crippen LogP contribution in [-0.4, -0.2) is 57.2 Å². The maximum absolute atomic E-state index is 12.3. The van der Waals surface area contributed by atoms with Crippen molar-refractivity contribution in [1.29, 1.82) is 0 Å². The molecule has 1 amide bonds. The van der Waals surface area contributed by atoms with E-state index in [0.29, 0.717) is 19.6 Å². The summed E-state index contributed by atoms with van der Waals surface area (Å²) in [6.45, 7) is 9.42. The Kier molecular flexibility index (Phi) is 4.20. The van der Waals surface area contributed by atoms with Gasteiger partial charge in [0.15, 0.2) is 10.6 Å². The summed E-state index contributed by atoms with van der Waals surface area (Å²) < 4.78 is 5.46. The summed E-state index contributed by atoms with van der Waals surface area (Å²) in [5.74, 6) is 0.971. The van der Waals surface area contributed by atoms with Crippen molar-refractivity contribution in [2.24, 2.45) is 0 Å². The second-order valence-electron chi connectivity index (χ2n) is 6.88. The van der Waals surface area contributed by atoms with Crippen LogP contribution in [0, 0.1) is 0 Å². The summed E-state index contributed by atoms with van der Waals surface area (Å²) in [7, 11) is 0. The number of hydrogen-bond acceptors (Lipinski definition) is 8. The van der Waals surface area contributed by atoms with Crippen LogP contribution in [0.2, 0.25) is 0 Å². The minimum absolute atomic E-state index is 0.0745. The van der Waals surface area contributed by atoms with E-state index < -0.39 is 5.60 Å². The molecule has 1 aliphatic heterocycles. The quantitative estimate of drug-likeness (QED) is 0.841. The minimum atomic E-state index is -0.495. The number of carbonyl (C=O) groups excluding carboxylic acids is 1. The lowest BCUT2D eigenvalue weighted by atomic mass is 10.2. The molecule has 130 valence electrons. The van der Waals surface area contributed by atoms with Gasteiger partial charge in [0.2, 0.25) is 5.95 Å². The number of thiazole rings is 1. The number of rotatable bonds is 1. The lowest BCUT2D eigenvalue weighted by Gasteiger charge is -2.40. The van der Waals surface area contributed by atoms with Gasteiger partial charge < -0.3 is 20.3 Å². The number of nitrogens with two attached hydrogens (primary N) is 1. The van der Waals surface area contributed by atoms with Crippen molar-refractivity contribution in [3.05, 3.63) is 5.51 Å². The number of nitrogens with zero attached hydrogens (tertiary/aromatic N) is 5. The number of fused-ring (bicyclic) bond motifs is 1. The molecule has 2 N–H and O–H groups in total. The summed E-state index contributed by atoms with van der Waals surface area (Å²) in [5, 5.41) is 0. The SMILES string of the molecule is CC1CN(C(=O)OC(C)(C)C)CCN1c1nc(N)nc2scnc12. The van der Waals surface area contributed by atoms with Crippen LogP contribution >= 0.6 is 11.3 Å². The Morgan fingerprint density at radius 2 is 2.12 bits per heavy atom. The van der Waals surface area contributed by atoms with E-state index in [4.69, 9.17) is 10.5 Å². The highest BCUT2D eigenvalue weighted by Gasteiger charge is 2.31. The molecule has 3 rings (SSSR count). The van der Waals surface area contributed by atoms with Crippen LogP contribution < -0.4 is 10.6 Å². The van der Waals surface area contributed by atoms with Crippen LogP contribution in [0.4, 0.5) is 16.6 Å². The van der Waals surface area contributed by atoms with Crippen LogP contribution in [0.15, 0.2) is 5.51 Å². The average Bonchev–Trinajstić information content (AvgIpc) is 2.92. The normalized spacial score (nSPS) is 18.9. The first-order valence-corrected chi connectivity index (χ1v) is 8.74. The summed E-state index contributed by atoms with van der Waals surface area (Å²) in [6, 6.07) is 0.0745. The van der Waals surface area contributed by atoms with Gasteiger partial charge in [-0.1, -0.05) is 0 Å². The van der Waals surface area contributed by atoms with Crippen LogP contribution in [0.1, 0.15) is 27.7 Å². The Morgan fingerprint density at radius 1 is 1.38 bits per heavy atom. The third kappa shape index (κ3) is 3.35. The summed E-state index contributed by atoms with van der Waals surface area (Å²) in [4.78, 5) is 29.8. The highest BCUT2D eigenvalue weighted by atomic mass is 32.1. The van der Waals surface area contributed by atoms with Crippen LogP contribution in [0.3, 0.4) is 0 Å². The van der Waals surface area contributed by atoms with Gasteiger partial charge in [-0.15, -0.1) is 11.3 Å². The fourth-order valence-corrected chi connectivity index (χ4v) is 3.39. The van der Waals surface area contributed by atoms with E-state index in [1.165, 1.54) is 11.3 Å². The van der Waals surface area contributed by atoms with E-state index >= 15 is 0 Å². The van der Waals surface area contributed by atoms with Crippen LogP contribution in [0.5, 0.6) is 0 Å². The van der Waals surface area contributed by atoms with Crippen molar-refractivity contribution in [2.45, 2.75) is 39.3 Å². The van der Waals surface area contributed by atoms with Crippen molar-refractivity contribution in [1.82, 2.24) is 19.9 Å². The zero-order valence-corrected chi connectivity index (χ0v) is 15.1. The summed E-state index contributed by atoms with van der Waals surface area (Å²) >= 11 is 1.44. The Morgan fingerprint density at radius 3 is 2.79 bits per heavy atom. The van der Waals surface area contributed by atoms with Gasteiger partial charge >= 0.3 is 6.09 Å². The molecule has 24 heavy (non-hydrogen) atoms. The Balaban J connectivity index is 1.78. The maximum Gasteiger partial charge on any atom is 0.410 e. The third-order valence-corrected chi connectivity index (χ3v) is 4.47. The fraction of sp³-hybridized carbons (Fsp3) is 0.600. The molecular formula is C15H22N6O2S. The van der Waals surface area contributed by atoms with Gasteiger partial charge in [-0.25, -0.2) is 14.8 Å². The molecule has 1 aliphatic rings. The molecule has 0 spiro atoms. The molecule has 1 saturated heterocycles. The smallest absolute Gasteiger partial charge is 0.410 e. The summed E-state index contributed by atoms with van der Waals surface area (Å²) in [6.07, 6.45) is -0.282. The molecule has 0 aliphatic carbocycles. The first kappa shape index (κ1) is 16.7. The summed E-state index contributed by atoms with van der Waals surface area (Å²) in [5.41, 5.74) is 7.83. The first-order valence-electron chi connectivity index (χ1n) is 7.86. The largest absolute Gasteiger partial charge is 0.444 e. The molecule has 0 saturated carbocycles. The molecule has 0 bridgehead atoms. The Labute approximate surface area is 144 Å². The molecule has 0 aromatic carbocycles. The Bertz CT molecular complexity index is 756. The van der Waals surface area contributed by atoms with Crippen LogP contribution in [0.25, 0.3) is 10.3 Å². The molecule has 2 aromatic heterocycles. The van der Waals surface area contributed by atoms with Crippen molar-refractivity contribution >= 4 is 39.5 Å². The lowest BCUT2D eigenvalue weighted by molar-refractivity contribution is 0.0218. The number of nitrogen functional groups attached to an aromatic ring is 1. The number of aromatic nitrogens is 3. The van der Waals surface area contributed by atoms with Gasteiger partial charge in [-0.05, 0) is 27.7 Å². The molecule has 3 heterocycles. The topological polar surface area (TPSA) is 97.5 Å². The van der Waals surface area contributed by atoms with E-state index in [9.17, 15) is 4.79 Å². The number of amides is 1. The fourth-order valence-electron chi connectivity index (χ4n) is 2.73. The van der Waals surface area contributed by atoms with Gasteiger partial charge in [0.25, 0.3) is 0 Å². The molecule has 1 atom stereocenters. The van der Waals surface area contributed by atoms with E-state index in [1.807, 2.05) is 27.7 Å². The van der Waals surface area contributed by atoms with Crippen molar-refractivity contribution in [3.8, 4) is 0 Å². The van der Waals surface area contributed by atoms with Gasteiger partial charge in [0, 0.05) is 25.7 Å². The standard InChI is InChI=1S/C15H22N6O2S/c1-9-7-20(14(22)23-15(2,3)4)5-6-21(9)11-10-12(24-8-17-10)19-13(16)18-11/h8-9H,5-7H2,1-4H3,(H2,16,18,19). The third-order valence-electron chi connectivity index (χ3n) is 3.75. The van der Waals surface area contributed by atoms with Crippen molar-refractivity contribution in [2.75, 3.05) is 30.3 Å². The highest BCUT2D eigenvalue weighted by Crippen LogP contribution is 2.29. The van der Waals surface area contributed by atoms with Crippen LogP contribution in [-0.2, 0) is 4.74 Å². The average molecular weight is 350 g/mol. The first-order chi connectivity index (χ1) is 11.2. The molecule has 0 radical (unpaired) electrons. The molecule has 8 nitrogen and oxygen atoms in total. The number of ether oxygens (including phenoxy) is 1. The number of piperazine rings is 1. The predicted octanol–water partition coefficient (Wildman–Crippen LogP) is 2.11. The predicted molar refractivity (Wildman–Crippen MR) is 94.2 cm³/mol. The molecule has 1 fully saturated rings. The van der Waals surface area contributed by atoms with E-state index in [1.54, 1.807) is 10.4 Å². The minimum Gasteiger partial charge on any atom is -0.444 e. The monoisotopic (exact) mass is 350 g/mol. The molecule has 1 unspecified atom stereocenters. The van der Waals surface area contributed by atoms with Crippen molar-refractivity contribution in [3.63, 3.8) is 0 Å². The number of anilines is 2. The number of carbonyl (C=O) groups is 1. The lowest BCUT2D eigenvalue weighted by Crippen LogP contribution is -2.55. The highest BCUT2D eigenvalue weighted by molar-refractivity contribution is 7.16. The van der Waals surface area contributed by atoms with Gasteiger partial charge in [-0.3, -0.25) is 0 Å². The van der Waals surface area contributed by atoms with Gasteiger partial charge in [0.1, 0.15) is 11.1 Å². The van der Waals surface area contributed by atoms with E-state index in [-0.39, 0.29) is 18.1 Å². The zero-order valence-electron chi connectivity index (χ0n) is 14.3. The maximum atomic E-state index is 12.3. The van der Waals surface area contributed by atoms with E-state index in [2.05, 4.69) is 19.9 Å². The van der Waals surface area contributed by atoms with E-state index in [0.717, 1.165) is 16.2 Å². The Hall–Kier alpha value is -2.16. The number of hydrogen-bond donors (Lipinski definition) is 1. The second-order valence-corrected chi connectivity index (χ2v) is 7.71. The second kappa shape index (κ2) is 6.04. The molecule has 9 heteroatoms. The van der Waals surface area contributed by atoms with Gasteiger partial charge in [0.05, 0.1) is 5.51 Å². The zero-order chi connectivity index (χ0) is 17.5. The van der Waals surface area contributed by atoms with Crippen molar-refractivity contribution < 1.29 is 9.53 Å².